The van der Waals surface area contributed by atoms with Gasteiger partial charge in [-0.2, -0.15) is 0 Å². The monoisotopic (exact) mass is 448 g/mol. The molecule has 0 aliphatic rings. The second-order valence-corrected chi connectivity index (χ2v) is 8.41. The van der Waals surface area contributed by atoms with Crippen LogP contribution in [0.1, 0.15) is 16.7 Å². The van der Waals surface area contributed by atoms with Crippen LogP contribution in [0.4, 0.5) is 11.4 Å². The highest BCUT2D eigenvalue weighted by Gasteiger charge is 2.15. The Balaban J connectivity index is 1.91. The van der Waals surface area contributed by atoms with Crippen LogP contribution in [-0.4, -0.2) is 10.0 Å². The van der Waals surface area contributed by atoms with Crippen molar-refractivity contribution in [2.24, 2.45) is 0 Å². The van der Waals surface area contributed by atoms with Crippen LogP contribution in [-0.2, 0) is 6.54 Å². The molecule has 2 N–H and O–H groups in total. The van der Waals surface area contributed by atoms with Crippen molar-refractivity contribution in [3.8, 4) is 5.75 Å². The lowest BCUT2D eigenvalue weighted by atomic mass is 10.1. The summed E-state index contributed by atoms with van der Waals surface area (Å²) in [6, 6.07) is 14.4. The van der Waals surface area contributed by atoms with E-state index < -0.39 is 4.92 Å². The molecule has 0 radical (unpaired) electrons. The Morgan fingerprint density at radius 1 is 1.10 bits per heavy atom. The van der Waals surface area contributed by atoms with Gasteiger partial charge in [0.25, 0.3) is 5.69 Å². The Bertz CT molecular complexity index is 1070. The molecule has 0 bridgehead atoms. The van der Waals surface area contributed by atoms with E-state index in [4.69, 9.17) is 23.2 Å². The van der Waals surface area contributed by atoms with E-state index in [1.54, 1.807) is 19.1 Å². The number of halogens is 2. The quantitative estimate of drug-likeness (QED) is 0.241. The molecule has 29 heavy (non-hydrogen) atoms. The van der Waals surface area contributed by atoms with Gasteiger partial charge < -0.3 is 10.4 Å². The summed E-state index contributed by atoms with van der Waals surface area (Å²) >= 11 is 13.8. The van der Waals surface area contributed by atoms with Crippen LogP contribution in [0.5, 0.6) is 5.75 Å². The smallest absolute Gasteiger partial charge is 0.269 e. The summed E-state index contributed by atoms with van der Waals surface area (Å²) < 4.78 is 0. The second-order valence-electron chi connectivity index (χ2n) is 6.51. The molecule has 3 rings (SSSR count). The number of nitrogens with zero attached hydrogens (tertiary/aromatic N) is 1. The maximum Gasteiger partial charge on any atom is 0.269 e. The van der Waals surface area contributed by atoms with Crippen molar-refractivity contribution in [1.82, 2.24) is 0 Å². The molecule has 8 heteroatoms. The first-order valence-corrected chi connectivity index (χ1v) is 10.3. The van der Waals surface area contributed by atoms with Crippen LogP contribution < -0.4 is 5.32 Å². The third-order valence-corrected chi connectivity index (χ3v) is 6.38. The molecule has 0 atom stereocenters. The molecule has 3 aromatic rings. The van der Waals surface area contributed by atoms with Crippen molar-refractivity contribution in [1.29, 1.82) is 0 Å². The number of anilines is 1. The highest BCUT2D eigenvalue weighted by atomic mass is 35.5. The molecule has 0 heterocycles. The van der Waals surface area contributed by atoms with E-state index in [0.29, 0.717) is 16.3 Å². The zero-order valence-corrected chi connectivity index (χ0v) is 18.0. The molecule has 0 unspecified atom stereocenters. The van der Waals surface area contributed by atoms with Gasteiger partial charge in [0.2, 0.25) is 0 Å². The Kier molecular flexibility index (Phi) is 6.57. The van der Waals surface area contributed by atoms with Crippen LogP contribution in [0.15, 0.2) is 58.3 Å². The fourth-order valence-corrected chi connectivity index (χ4v) is 4.06. The minimum Gasteiger partial charge on any atom is -0.504 e. The Morgan fingerprint density at radius 2 is 1.79 bits per heavy atom. The first-order chi connectivity index (χ1) is 13.8. The predicted octanol–water partition coefficient (Wildman–Crippen LogP) is 6.99. The second kappa shape index (κ2) is 8.95. The summed E-state index contributed by atoms with van der Waals surface area (Å²) in [5, 5.41) is 25.2. The van der Waals surface area contributed by atoms with Crippen molar-refractivity contribution >= 4 is 46.3 Å². The first-order valence-electron chi connectivity index (χ1n) is 8.69. The Morgan fingerprint density at radius 3 is 2.45 bits per heavy atom. The predicted molar refractivity (Wildman–Crippen MR) is 119 cm³/mol. The van der Waals surface area contributed by atoms with E-state index in [-0.39, 0.29) is 23.0 Å². The number of nitro groups is 1. The number of aryl methyl sites for hydroxylation is 1. The molecular weight excluding hydrogens is 431 g/mol. The number of nitrogens with one attached hydrogen (secondary N) is 1. The molecule has 0 aliphatic heterocycles. The SMILES string of the molecule is Cc1ccc(Sc2ccc([N+](=O)[O-])cc2CNc2cc(Cl)c(C)c(Cl)c2O)cc1. The Labute approximate surface area is 182 Å². The standard InChI is InChI=1S/C21H18Cl2N2O3S/c1-12-3-6-16(7-4-12)29-19-8-5-15(25(27)28)9-14(19)11-24-18-10-17(22)13(2)20(23)21(18)26/h3-10,24,26H,11H2,1-2H3. The van der Waals surface area contributed by atoms with Gasteiger partial charge >= 0.3 is 0 Å². The van der Waals surface area contributed by atoms with Crippen molar-refractivity contribution < 1.29 is 10.0 Å². The van der Waals surface area contributed by atoms with Crippen LogP contribution in [0.25, 0.3) is 0 Å². The number of benzene rings is 3. The molecule has 0 fully saturated rings. The molecular formula is C21H18Cl2N2O3S. The fourth-order valence-electron chi connectivity index (χ4n) is 2.68. The van der Waals surface area contributed by atoms with Crippen molar-refractivity contribution in [2.45, 2.75) is 30.2 Å². The number of nitro benzene ring substituents is 1. The fraction of sp³-hybridized carbons (Fsp3) is 0.143. The lowest BCUT2D eigenvalue weighted by Gasteiger charge is -2.14. The van der Waals surface area contributed by atoms with Gasteiger partial charge in [0.1, 0.15) is 0 Å². The molecule has 3 aromatic carbocycles. The van der Waals surface area contributed by atoms with Gasteiger partial charge in [-0.15, -0.1) is 0 Å². The minimum absolute atomic E-state index is 0.000695. The average molecular weight is 449 g/mol. The molecule has 0 saturated carbocycles. The molecule has 0 aliphatic carbocycles. The number of hydrogen-bond donors (Lipinski definition) is 2. The number of hydrogen-bond acceptors (Lipinski definition) is 5. The average Bonchev–Trinajstić information content (AvgIpc) is 2.70. The van der Waals surface area contributed by atoms with Crippen molar-refractivity contribution in [2.75, 3.05) is 5.32 Å². The van der Waals surface area contributed by atoms with Crippen LogP contribution >= 0.6 is 35.0 Å². The largest absolute Gasteiger partial charge is 0.504 e. The minimum atomic E-state index is -0.430. The molecule has 150 valence electrons. The third-order valence-electron chi connectivity index (χ3n) is 4.39. The van der Waals surface area contributed by atoms with Gasteiger partial charge in [-0.1, -0.05) is 52.7 Å². The normalized spacial score (nSPS) is 10.8. The van der Waals surface area contributed by atoms with E-state index in [9.17, 15) is 15.2 Å². The van der Waals surface area contributed by atoms with E-state index in [0.717, 1.165) is 20.9 Å². The first kappa shape index (κ1) is 21.3. The molecule has 0 amide bonds. The highest BCUT2D eigenvalue weighted by molar-refractivity contribution is 7.99. The number of rotatable bonds is 6. The van der Waals surface area contributed by atoms with Crippen LogP contribution in [0, 0.1) is 24.0 Å². The number of non-ortho nitro benzene ring substituents is 1. The summed E-state index contributed by atoms with van der Waals surface area (Å²) in [6.07, 6.45) is 0. The van der Waals surface area contributed by atoms with E-state index in [1.807, 2.05) is 31.2 Å². The van der Waals surface area contributed by atoms with Gasteiger partial charge in [0, 0.05) is 33.5 Å². The lowest BCUT2D eigenvalue weighted by Crippen LogP contribution is -2.03. The summed E-state index contributed by atoms with van der Waals surface area (Å²) in [6.45, 7) is 3.98. The zero-order valence-electron chi connectivity index (χ0n) is 15.7. The van der Waals surface area contributed by atoms with Gasteiger partial charge in [0.05, 0.1) is 15.6 Å². The zero-order chi connectivity index (χ0) is 21.1. The summed E-state index contributed by atoms with van der Waals surface area (Å²) in [5.74, 6) is -0.105. The molecule has 5 nitrogen and oxygen atoms in total. The van der Waals surface area contributed by atoms with Gasteiger partial charge in [-0.05, 0) is 49.2 Å². The topological polar surface area (TPSA) is 75.4 Å². The highest BCUT2D eigenvalue weighted by Crippen LogP contribution is 2.39. The van der Waals surface area contributed by atoms with E-state index >= 15 is 0 Å². The van der Waals surface area contributed by atoms with Crippen molar-refractivity contribution in [3.05, 3.63) is 85.4 Å². The summed E-state index contributed by atoms with van der Waals surface area (Å²) in [4.78, 5) is 12.7. The maximum absolute atomic E-state index is 11.2. The Hall–Kier alpha value is -2.41. The number of phenolic OH excluding ortho intramolecular Hbond substituents is 1. The molecule has 0 saturated heterocycles. The van der Waals surface area contributed by atoms with E-state index in [1.165, 1.54) is 23.9 Å². The summed E-state index contributed by atoms with van der Waals surface area (Å²) in [7, 11) is 0. The summed E-state index contributed by atoms with van der Waals surface area (Å²) in [5.41, 5.74) is 2.82. The lowest BCUT2D eigenvalue weighted by molar-refractivity contribution is -0.385. The molecule has 0 aromatic heterocycles. The van der Waals surface area contributed by atoms with Gasteiger partial charge in [-0.25, -0.2) is 0 Å². The van der Waals surface area contributed by atoms with Crippen LogP contribution in [0.2, 0.25) is 10.0 Å². The van der Waals surface area contributed by atoms with E-state index in [2.05, 4.69) is 5.32 Å². The van der Waals surface area contributed by atoms with Gasteiger partial charge in [-0.3, -0.25) is 10.1 Å². The van der Waals surface area contributed by atoms with Crippen molar-refractivity contribution in [3.63, 3.8) is 0 Å². The molecule has 0 spiro atoms. The maximum atomic E-state index is 11.2. The van der Waals surface area contributed by atoms with Crippen LogP contribution in [0.3, 0.4) is 0 Å². The third kappa shape index (κ3) is 4.96. The number of aromatic hydroxyl groups is 1. The number of phenols is 1. The van der Waals surface area contributed by atoms with Gasteiger partial charge in [0.15, 0.2) is 5.75 Å².